The molecule has 2 atom stereocenters. The van der Waals surface area contributed by atoms with E-state index in [0.29, 0.717) is 6.04 Å². The van der Waals surface area contributed by atoms with Gasteiger partial charge >= 0.3 is 5.97 Å². The van der Waals surface area contributed by atoms with Crippen LogP contribution in [-0.4, -0.2) is 34.6 Å². The fourth-order valence-electron chi connectivity index (χ4n) is 2.93. The summed E-state index contributed by atoms with van der Waals surface area (Å²) in [5.41, 5.74) is 0. The number of carboxylic acid groups (broad SMARTS) is 1. The molecule has 1 heterocycles. The summed E-state index contributed by atoms with van der Waals surface area (Å²) in [6.07, 6.45) is 7.17. The van der Waals surface area contributed by atoms with Crippen molar-refractivity contribution < 1.29 is 9.90 Å². The Kier molecular flexibility index (Phi) is 3.29. The summed E-state index contributed by atoms with van der Waals surface area (Å²) in [6, 6.07) is 0.249. The number of hydrogen-bond acceptors (Lipinski definition) is 2. The van der Waals surface area contributed by atoms with Gasteiger partial charge in [0.05, 0.1) is 0 Å². The van der Waals surface area contributed by atoms with E-state index in [9.17, 15) is 4.79 Å². The summed E-state index contributed by atoms with van der Waals surface area (Å²) in [5, 5.41) is 9.10. The molecule has 0 aromatic heterocycles. The van der Waals surface area contributed by atoms with Crippen LogP contribution in [0.15, 0.2) is 0 Å². The van der Waals surface area contributed by atoms with Gasteiger partial charge in [-0.25, -0.2) is 0 Å². The van der Waals surface area contributed by atoms with Gasteiger partial charge in [-0.1, -0.05) is 19.3 Å². The lowest BCUT2D eigenvalue weighted by molar-refractivity contribution is -0.143. The monoisotopic (exact) mass is 211 g/mol. The topological polar surface area (TPSA) is 40.5 Å². The summed E-state index contributed by atoms with van der Waals surface area (Å²) < 4.78 is 0. The Labute approximate surface area is 91.5 Å². The van der Waals surface area contributed by atoms with Crippen molar-refractivity contribution in [1.29, 1.82) is 0 Å². The molecule has 15 heavy (non-hydrogen) atoms. The molecule has 1 aliphatic carbocycles. The molecule has 0 spiro atoms. The maximum Gasteiger partial charge on any atom is 0.320 e. The van der Waals surface area contributed by atoms with Gasteiger partial charge in [-0.2, -0.15) is 0 Å². The van der Waals surface area contributed by atoms with Gasteiger partial charge in [-0.05, 0) is 38.6 Å². The fourth-order valence-corrected chi connectivity index (χ4v) is 2.93. The zero-order chi connectivity index (χ0) is 10.8. The standard InChI is InChI=1S/C12H21NO2/c1-9(8-10-4-2-5-10)13-7-3-6-11(13)12(14)15/h9-11H,2-8H2,1H3,(H,14,15). The summed E-state index contributed by atoms with van der Waals surface area (Å²) in [5.74, 6) is 0.239. The van der Waals surface area contributed by atoms with E-state index in [4.69, 9.17) is 5.11 Å². The Morgan fingerprint density at radius 1 is 1.40 bits per heavy atom. The van der Waals surface area contributed by atoms with E-state index >= 15 is 0 Å². The van der Waals surface area contributed by atoms with E-state index in [1.807, 2.05) is 0 Å². The second-order valence-electron chi connectivity index (χ2n) is 5.12. The minimum atomic E-state index is -0.632. The average molecular weight is 211 g/mol. The van der Waals surface area contributed by atoms with Gasteiger partial charge < -0.3 is 5.11 Å². The molecule has 0 amide bonds. The smallest absolute Gasteiger partial charge is 0.320 e. The van der Waals surface area contributed by atoms with Crippen LogP contribution in [0.1, 0.15) is 45.4 Å². The van der Waals surface area contributed by atoms with Gasteiger partial charge in [0.15, 0.2) is 0 Å². The second kappa shape index (κ2) is 4.52. The van der Waals surface area contributed by atoms with Crippen LogP contribution in [0.2, 0.25) is 0 Å². The maximum absolute atomic E-state index is 11.0. The third-order valence-corrected chi connectivity index (χ3v) is 4.04. The van der Waals surface area contributed by atoms with E-state index in [1.54, 1.807) is 0 Å². The Bertz CT molecular complexity index is 238. The number of hydrogen-bond donors (Lipinski definition) is 1. The van der Waals surface area contributed by atoms with Crippen LogP contribution in [0.5, 0.6) is 0 Å². The highest BCUT2D eigenvalue weighted by Gasteiger charge is 2.34. The van der Waals surface area contributed by atoms with Crippen molar-refractivity contribution in [1.82, 2.24) is 4.90 Å². The van der Waals surface area contributed by atoms with Crippen LogP contribution in [0.25, 0.3) is 0 Å². The Morgan fingerprint density at radius 2 is 2.13 bits per heavy atom. The van der Waals surface area contributed by atoms with Gasteiger partial charge in [0.1, 0.15) is 6.04 Å². The second-order valence-corrected chi connectivity index (χ2v) is 5.12. The normalized spacial score (nSPS) is 30.1. The van der Waals surface area contributed by atoms with E-state index in [0.717, 1.165) is 25.3 Å². The Hall–Kier alpha value is -0.570. The van der Waals surface area contributed by atoms with Crippen molar-refractivity contribution in [2.75, 3.05) is 6.54 Å². The first kappa shape index (κ1) is 10.9. The number of carbonyl (C=O) groups is 1. The molecular weight excluding hydrogens is 190 g/mol. The van der Waals surface area contributed by atoms with Crippen molar-refractivity contribution in [2.45, 2.75) is 57.5 Å². The highest BCUT2D eigenvalue weighted by atomic mass is 16.4. The molecule has 1 aliphatic heterocycles. The molecule has 0 aromatic carbocycles. The molecule has 0 bridgehead atoms. The van der Waals surface area contributed by atoms with E-state index < -0.39 is 5.97 Å². The van der Waals surface area contributed by atoms with Crippen molar-refractivity contribution >= 4 is 5.97 Å². The third-order valence-electron chi connectivity index (χ3n) is 4.04. The van der Waals surface area contributed by atoms with Crippen LogP contribution in [0, 0.1) is 5.92 Å². The van der Waals surface area contributed by atoms with Crippen molar-refractivity contribution in [3.05, 3.63) is 0 Å². The van der Waals surface area contributed by atoms with Gasteiger partial charge in [-0.15, -0.1) is 0 Å². The molecule has 1 saturated carbocycles. The zero-order valence-electron chi connectivity index (χ0n) is 9.48. The number of carboxylic acids is 1. The third kappa shape index (κ3) is 2.33. The van der Waals surface area contributed by atoms with E-state index in [1.165, 1.54) is 25.7 Å². The minimum absolute atomic E-state index is 0.208. The molecule has 3 heteroatoms. The van der Waals surface area contributed by atoms with Gasteiger partial charge in [-0.3, -0.25) is 9.69 Å². The van der Waals surface area contributed by atoms with E-state index in [2.05, 4.69) is 11.8 Å². The van der Waals surface area contributed by atoms with Gasteiger partial charge in [0.2, 0.25) is 0 Å². The van der Waals surface area contributed by atoms with Crippen molar-refractivity contribution in [2.24, 2.45) is 5.92 Å². The Balaban J connectivity index is 1.87. The van der Waals surface area contributed by atoms with Crippen LogP contribution in [-0.2, 0) is 4.79 Å². The quantitative estimate of drug-likeness (QED) is 0.774. The molecule has 0 aromatic rings. The SMILES string of the molecule is CC(CC1CCC1)N1CCCC1C(=O)O. The molecule has 1 saturated heterocycles. The summed E-state index contributed by atoms with van der Waals surface area (Å²) in [6.45, 7) is 3.17. The number of aliphatic carboxylic acids is 1. The largest absolute Gasteiger partial charge is 0.480 e. The van der Waals surface area contributed by atoms with Crippen LogP contribution in [0.4, 0.5) is 0 Å². The van der Waals surface area contributed by atoms with Crippen LogP contribution in [0.3, 0.4) is 0 Å². The lowest BCUT2D eigenvalue weighted by atomic mass is 9.81. The summed E-state index contributed by atoms with van der Waals surface area (Å²) >= 11 is 0. The molecule has 86 valence electrons. The van der Waals surface area contributed by atoms with Gasteiger partial charge in [0, 0.05) is 6.04 Å². The molecule has 2 aliphatic rings. The zero-order valence-corrected chi connectivity index (χ0v) is 9.48. The van der Waals surface area contributed by atoms with Gasteiger partial charge in [0.25, 0.3) is 0 Å². The molecule has 2 fully saturated rings. The molecule has 0 radical (unpaired) electrons. The maximum atomic E-state index is 11.0. The molecule has 2 rings (SSSR count). The lowest BCUT2D eigenvalue weighted by Gasteiger charge is -2.34. The Morgan fingerprint density at radius 3 is 2.67 bits per heavy atom. The number of likely N-dealkylation sites (tertiary alicyclic amines) is 1. The highest BCUT2D eigenvalue weighted by Crippen LogP contribution is 2.33. The molecule has 1 N–H and O–H groups in total. The van der Waals surface area contributed by atoms with E-state index in [-0.39, 0.29) is 6.04 Å². The predicted octanol–water partition coefficient (Wildman–Crippen LogP) is 2.11. The first-order valence-corrected chi connectivity index (χ1v) is 6.17. The van der Waals surface area contributed by atoms with Crippen LogP contribution < -0.4 is 0 Å². The first-order chi connectivity index (χ1) is 7.18. The van der Waals surface area contributed by atoms with Crippen molar-refractivity contribution in [3.8, 4) is 0 Å². The summed E-state index contributed by atoms with van der Waals surface area (Å²) in [4.78, 5) is 13.2. The fraction of sp³-hybridized carbons (Fsp3) is 0.917. The summed E-state index contributed by atoms with van der Waals surface area (Å²) in [7, 11) is 0. The minimum Gasteiger partial charge on any atom is -0.480 e. The predicted molar refractivity (Wildman–Crippen MR) is 58.8 cm³/mol. The lowest BCUT2D eigenvalue weighted by Crippen LogP contribution is -2.43. The molecule has 2 unspecified atom stereocenters. The molecule has 3 nitrogen and oxygen atoms in total. The first-order valence-electron chi connectivity index (χ1n) is 6.17. The molecular formula is C12H21NO2. The average Bonchev–Trinajstić information content (AvgIpc) is 2.59. The van der Waals surface area contributed by atoms with Crippen LogP contribution >= 0.6 is 0 Å². The van der Waals surface area contributed by atoms with Crippen molar-refractivity contribution in [3.63, 3.8) is 0 Å². The number of rotatable bonds is 4. The highest BCUT2D eigenvalue weighted by molar-refractivity contribution is 5.73. The number of nitrogens with zero attached hydrogens (tertiary/aromatic N) is 1.